The van der Waals surface area contributed by atoms with Crippen molar-refractivity contribution in [3.8, 4) is 0 Å². The van der Waals surface area contributed by atoms with Crippen molar-refractivity contribution >= 4 is 5.97 Å². The molecule has 1 fully saturated rings. The number of carboxylic acids is 1. The van der Waals surface area contributed by atoms with Gasteiger partial charge in [-0.15, -0.1) is 0 Å². The lowest BCUT2D eigenvalue weighted by Gasteiger charge is -2.27. The molecule has 0 atom stereocenters. The van der Waals surface area contributed by atoms with Crippen molar-refractivity contribution in [3.05, 3.63) is 12.2 Å². The van der Waals surface area contributed by atoms with Crippen molar-refractivity contribution in [3.63, 3.8) is 0 Å². The van der Waals surface area contributed by atoms with Crippen molar-refractivity contribution in [1.82, 2.24) is 0 Å². The molecule has 0 aromatic heterocycles. The predicted molar refractivity (Wildman–Crippen MR) is 48.0 cm³/mol. The monoisotopic (exact) mass is 168 g/mol. The molecule has 0 radical (unpaired) electrons. The molecular formula is C10H16O2. The van der Waals surface area contributed by atoms with Crippen molar-refractivity contribution in [2.24, 2.45) is 5.41 Å². The molecule has 0 bridgehead atoms. The van der Waals surface area contributed by atoms with Gasteiger partial charge in [-0.05, 0) is 19.3 Å². The van der Waals surface area contributed by atoms with Crippen LogP contribution in [0.5, 0.6) is 0 Å². The number of carbonyl (C=O) groups is 1. The van der Waals surface area contributed by atoms with Crippen LogP contribution in [0.3, 0.4) is 0 Å². The van der Waals surface area contributed by atoms with Crippen LogP contribution in [0.4, 0.5) is 0 Å². The molecule has 2 nitrogen and oxygen atoms in total. The van der Waals surface area contributed by atoms with Crippen LogP contribution in [0, 0.1) is 5.41 Å². The smallest absolute Gasteiger partial charge is 0.331 e. The van der Waals surface area contributed by atoms with Gasteiger partial charge < -0.3 is 5.11 Å². The van der Waals surface area contributed by atoms with E-state index in [1.807, 2.05) is 0 Å². The average Bonchev–Trinajstić information content (AvgIpc) is 2.52. The van der Waals surface area contributed by atoms with E-state index in [2.05, 4.69) is 13.5 Å². The molecule has 1 aliphatic rings. The highest BCUT2D eigenvalue weighted by atomic mass is 16.4. The maximum absolute atomic E-state index is 10.8. The minimum atomic E-state index is -0.821. The van der Waals surface area contributed by atoms with Crippen LogP contribution < -0.4 is 0 Å². The number of hydrogen-bond acceptors (Lipinski definition) is 1. The fourth-order valence-corrected chi connectivity index (χ4v) is 2.15. The zero-order valence-corrected chi connectivity index (χ0v) is 7.60. The van der Waals surface area contributed by atoms with Crippen molar-refractivity contribution < 1.29 is 9.90 Å². The summed E-state index contributed by atoms with van der Waals surface area (Å²) in [7, 11) is 0. The minimum Gasteiger partial charge on any atom is -0.478 e. The van der Waals surface area contributed by atoms with Gasteiger partial charge in [0.05, 0.1) is 0 Å². The summed E-state index contributed by atoms with van der Waals surface area (Å²) in [5.41, 5.74) is 0.341. The highest BCUT2D eigenvalue weighted by Crippen LogP contribution is 2.46. The Balaban J connectivity index is 2.79. The number of aliphatic carboxylic acids is 1. The van der Waals surface area contributed by atoms with E-state index in [1.165, 1.54) is 0 Å². The normalized spacial score (nSPS) is 20.8. The molecule has 0 aromatic carbocycles. The lowest BCUT2D eigenvalue weighted by molar-refractivity contribution is -0.134. The van der Waals surface area contributed by atoms with E-state index in [0.29, 0.717) is 5.57 Å². The summed E-state index contributed by atoms with van der Waals surface area (Å²) in [4.78, 5) is 10.8. The Morgan fingerprint density at radius 3 is 2.33 bits per heavy atom. The molecule has 1 rings (SSSR count). The van der Waals surface area contributed by atoms with Gasteiger partial charge in [0, 0.05) is 11.0 Å². The molecule has 2 heteroatoms. The predicted octanol–water partition coefficient (Wildman–Crippen LogP) is 2.60. The Hall–Kier alpha value is -0.790. The van der Waals surface area contributed by atoms with Crippen LogP contribution in [-0.4, -0.2) is 11.1 Å². The van der Waals surface area contributed by atoms with E-state index >= 15 is 0 Å². The summed E-state index contributed by atoms with van der Waals surface area (Å²) in [5.74, 6) is -0.821. The average molecular weight is 168 g/mol. The quantitative estimate of drug-likeness (QED) is 0.658. The maximum Gasteiger partial charge on any atom is 0.331 e. The van der Waals surface area contributed by atoms with E-state index in [0.717, 1.165) is 32.1 Å². The van der Waals surface area contributed by atoms with Crippen LogP contribution in [0.1, 0.15) is 39.0 Å². The molecule has 0 spiro atoms. The molecule has 0 saturated heterocycles. The minimum absolute atomic E-state index is 0.0775. The summed E-state index contributed by atoms with van der Waals surface area (Å²) in [5, 5.41) is 8.84. The first-order valence-corrected chi connectivity index (χ1v) is 4.55. The third-order valence-corrected chi connectivity index (χ3v) is 3.14. The zero-order valence-electron chi connectivity index (χ0n) is 7.60. The van der Waals surface area contributed by atoms with E-state index in [1.54, 1.807) is 0 Å². The lowest BCUT2D eigenvalue weighted by atomic mass is 9.77. The maximum atomic E-state index is 10.8. The molecule has 0 heterocycles. The molecule has 1 aliphatic carbocycles. The molecular weight excluding hydrogens is 152 g/mol. The second-order valence-corrected chi connectivity index (χ2v) is 3.62. The van der Waals surface area contributed by atoms with Crippen LogP contribution in [0.2, 0.25) is 0 Å². The van der Waals surface area contributed by atoms with Gasteiger partial charge in [-0.2, -0.15) is 0 Å². The Kier molecular flexibility index (Phi) is 2.55. The summed E-state index contributed by atoms with van der Waals surface area (Å²) < 4.78 is 0. The molecule has 1 N–H and O–H groups in total. The number of rotatable bonds is 3. The first-order chi connectivity index (χ1) is 5.62. The third kappa shape index (κ3) is 1.38. The molecule has 0 aromatic rings. The van der Waals surface area contributed by atoms with Crippen LogP contribution in [0.15, 0.2) is 12.2 Å². The van der Waals surface area contributed by atoms with Gasteiger partial charge >= 0.3 is 5.97 Å². The lowest BCUT2D eigenvalue weighted by Crippen LogP contribution is -2.23. The summed E-state index contributed by atoms with van der Waals surface area (Å²) in [6, 6.07) is 0. The third-order valence-electron chi connectivity index (χ3n) is 3.14. The van der Waals surface area contributed by atoms with Crippen molar-refractivity contribution in [2.45, 2.75) is 39.0 Å². The van der Waals surface area contributed by atoms with E-state index in [9.17, 15) is 4.79 Å². The first kappa shape index (κ1) is 9.30. The van der Waals surface area contributed by atoms with E-state index < -0.39 is 5.97 Å². The fourth-order valence-electron chi connectivity index (χ4n) is 2.15. The summed E-state index contributed by atoms with van der Waals surface area (Å²) in [6.07, 6.45) is 5.24. The van der Waals surface area contributed by atoms with Crippen molar-refractivity contribution in [1.29, 1.82) is 0 Å². The van der Waals surface area contributed by atoms with Gasteiger partial charge in [0.15, 0.2) is 0 Å². The molecule has 12 heavy (non-hydrogen) atoms. The van der Waals surface area contributed by atoms with Gasteiger partial charge in [0.25, 0.3) is 0 Å². The molecule has 68 valence electrons. The fraction of sp³-hybridized carbons (Fsp3) is 0.700. The second kappa shape index (κ2) is 3.30. The molecule has 1 saturated carbocycles. The highest BCUT2D eigenvalue weighted by Gasteiger charge is 2.37. The topological polar surface area (TPSA) is 37.3 Å². The first-order valence-electron chi connectivity index (χ1n) is 4.55. The molecule has 0 unspecified atom stereocenters. The standard InChI is InChI=1S/C10H16O2/c1-3-10(6-4-5-7-10)8(2)9(11)12/h2-7H2,1H3,(H,11,12). The number of carboxylic acid groups (broad SMARTS) is 1. The van der Waals surface area contributed by atoms with Gasteiger partial charge in [-0.1, -0.05) is 26.3 Å². The van der Waals surface area contributed by atoms with Gasteiger partial charge in [-0.3, -0.25) is 0 Å². The van der Waals surface area contributed by atoms with Crippen LogP contribution in [0.25, 0.3) is 0 Å². The Bertz CT molecular complexity index is 200. The number of hydrogen-bond donors (Lipinski definition) is 1. The van der Waals surface area contributed by atoms with E-state index in [-0.39, 0.29) is 5.41 Å². The summed E-state index contributed by atoms with van der Waals surface area (Å²) in [6.45, 7) is 5.73. The second-order valence-electron chi connectivity index (χ2n) is 3.62. The Morgan fingerprint density at radius 1 is 1.50 bits per heavy atom. The van der Waals surface area contributed by atoms with Crippen LogP contribution in [-0.2, 0) is 4.79 Å². The largest absolute Gasteiger partial charge is 0.478 e. The highest BCUT2D eigenvalue weighted by molar-refractivity contribution is 5.87. The van der Waals surface area contributed by atoms with Gasteiger partial charge in [0.2, 0.25) is 0 Å². The summed E-state index contributed by atoms with van der Waals surface area (Å²) >= 11 is 0. The Labute approximate surface area is 73.3 Å². The zero-order chi connectivity index (χ0) is 9.19. The van der Waals surface area contributed by atoms with E-state index in [4.69, 9.17) is 5.11 Å². The molecule has 0 amide bonds. The van der Waals surface area contributed by atoms with Crippen LogP contribution >= 0.6 is 0 Å². The Morgan fingerprint density at radius 2 is 2.00 bits per heavy atom. The SMILES string of the molecule is C=C(C(=O)O)C1(CC)CCCC1. The van der Waals surface area contributed by atoms with Gasteiger partial charge in [-0.25, -0.2) is 4.79 Å². The van der Waals surface area contributed by atoms with Gasteiger partial charge in [0.1, 0.15) is 0 Å². The van der Waals surface area contributed by atoms with Crippen molar-refractivity contribution in [2.75, 3.05) is 0 Å². The molecule has 0 aliphatic heterocycles.